The van der Waals surface area contributed by atoms with Crippen molar-refractivity contribution >= 4 is 18.2 Å². The van der Waals surface area contributed by atoms with E-state index in [2.05, 4.69) is 13.8 Å². The first kappa shape index (κ1) is 18.8. The standard InChI is InChI=1S/C16H27O3PS/c1-15(2)10-6-3-4-9-13-21-20(17,18)19-14-16-11-7-5-8-12-16/h5,7-8,11-12,15H,3-4,6,9-10,13-14H2,1-2H3,(H,17,18). The average Bonchev–Trinajstić information content (AvgIpc) is 2.45. The molecular weight excluding hydrogens is 303 g/mol. The maximum atomic E-state index is 11.9. The van der Waals surface area contributed by atoms with Crippen LogP contribution in [0.2, 0.25) is 0 Å². The molecule has 1 rings (SSSR count). The summed E-state index contributed by atoms with van der Waals surface area (Å²) in [6, 6.07) is 9.48. The van der Waals surface area contributed by atoms with E-state index in [0.29, 0.717) is 5.75 Å². The van der Waals surface area contributed by atoms with Gasteiger partial charge in [-0.2, -0.15) is 0 Å². The summed E-state index contributed by atoms with van der Waals surface area (Å²) in [5.41, 5.74) is 0.918. The highest BCUT2D eigenvalue weighted by Crippen LogP contribution is 2.56. The van der Waals surface area contributed by atoms with Gasteiger partial charge in [0.05, 0.1) is 6.61 Å². The Morgan fingerprint density at radius 3 is 2.48 bits per heavy atom. The number of unbranched alkanes of at least 4 members (excludes halogenated alkanes) is 3. The van der Waals surface area contributed by atoms with Crippen LogP contribution in [0.5, 0.6) is 0 Å². The molecule has 21 heavy (non-hydrogen) atoms. The summed E-state index contributed by atoms with van der Waals surface area (Å²) in [6.45, 7) is 1.15. The summed E-state index contributed by atoms with van der Waals surface area (Å²) in [6.07, 6.45) is 5.83. The molecule has 0 fully saturated rings. The van der Waals surface area contributed by atoms with Crippen molar-refractivity contribution in [3.8, 4) is 0 Å². The predicted molar refractivity (Wildman–Crippen MR) is 91.4 cm³/mol. The summed E-state index contributed by atoms with van der Waals surface area (Å²) >= 11 is 1.05. The van der Waals surface area contributed by atoms with Gasteiger partial charge in [0.25, 0.3) is 0 Å². The van der Waals surface area contributed by atoms with Gasteiger partial charge in [0.2, 0.25) is 0 Å². The van der Waals surface area contributed by atoms with E-state index in [0.717, 1.165) is 35.7 Å². The zero-order chi connectivity index (χ0) is 15.6. The van der Waals surface area contributed by atoms with Crippen molar-refractivity contribution < 1.29 is 14.0 Å². The van der Waals surface area contributed by atoms with Gasteiger partial charge in [-0.25, -0.2) is 4.57 Å². The number of benzene rings is 1. The van der Waals surface area contributed by atoms with E-state index >= 15 is 0 Å². The molecule has 3 nitrogen and oxygen atoms in total. The van der Waals surface area contributed by atoms with Crippen LogP contribution < -0.4 is 0 Å². The SMILES string of the molecule is CC(C)CCCCCCSP(=O)(O)OCc1ccccc1. The Labute approximate surface area is 132 Å². The first-order valence-electron chi connectivity index (χ1n) is 7.65. The highest BCUT2D eigenvalue weighted by molar-refractivity contribution is 8.54. The fourth-order valence-corrected chi connectivity index (χ4v) is 4.37. The number of hydrogen-bond donors (Lipinski definition) is 1. The molecule has 0 spiro atoms. The van der Waals surface area contributed by atoms with Crippen molar-refractivity contribution in [2.24, 2.45) is 5.92 Å². The Kier molecular flexibility index (Phi) is 9.34. The highest BCUT2D eigenvalue weighted by atomic mass is 32.7. The Bertz CT molecular complexity index is 423. The van der Waals surface area contributed by atoms with Gasteiger partial charge in [-0.15, -0.1) is 0 Å². The van der Waals surface area contributed by atoms with Crippen LogP contribution in [-0.2, 0) is 15.7 Å². The summed E-state index contributed by atoms with van der Waals surface area (Å²) < 4.78 is 17.0. The van der Waals surface area contributed by atoms with Crippen molar-refractivity contribution in [3.05, 3.63) is 35.9 Å². The first-order chi connectivity index (χ1) is 9.99. The predicted octanol–water partition coefficient (Wildman–Crippen LogP) is 5.64. The second kappa shape index (κ2) is 10.4. The Balaban J connectivity index is 2.08. The molecule has 0 aliphatic rings. The zero-order valence-corrected chi connectivity index (χ0v) is 14.7. The molecule has 0 bridgehead atoms. The van der Waals surface area contributed by atoms with Crippen molar-refractivity contribution in [1.29, 1.82) is 0 Å². The smallest absolute Gasteiger partial charge is 0.316 e. The minimum atomic E-state index is -3.51. The summed E-state index contributed by atoms with van der Waals surface area (Å²) in [5.74, 6) is 1.45. The van der Waals surface area contributed by atoms with Crippen LogP contribution in [0.25, 0.3) is 0 Å². The van der Waals surface area contributed by atoms with Crippen molar-refractivity contribution in [1.82, 2.24) is 0 Å². The van der Waals surface area contributed by atoms with Gasteiger partial charge >= 0.3 is 6.80 Å². The van der Waals surface area contributed by atoms with Gasteiger partial charge in [0, 0.05) is 5.75 Å². The first-order valence-corrected chi connectivity index (χ1v) is 10.8. The molecule has 1 aromatic rings. The highest BCUT2D eigenvalue weighted by Gasteiger charge is 2.19. The minimum Gasteiger partial charge on any atom is -0.316 e. The van der Waals surface area contributed by atoms with Crippen molar-refractivity contribution in [2.45, 2.75) is 52.6 Å². The molecule has 1 atom stereocenters. The molecule has 1 N–H and O–H groups in total. The third kappa shape index (κ3) is 10.1. The largest absolute Gasteiger partial charge is 0.386 e. The molecule has 0 aliphatic heterocycles. The molecule has 0 saturated heterocycles. The molecule has 0 saturated carbocycles. The normalized spacial score (nSPS) is 14.3. The molecule has 1 unspecified atom stereocenters. The molecule has 0 heterocycles. The summed E-state index contributed by atoms with van der Waals surface area (Å²) in [4.78, 5) is 9.75. The average molecular weight is 330 g/mol. The maximum absolute atomic E-state index is 11.9. The van der Waals surface area contributed by atoms with E-state index in [9.17, 15) is 9.46 Å². The van der Waals surface area contributed by atoms with Gasteiger partial charge < -0.3 is 4.89 Å². The van der Waals surface area contributed by atoms with Crippen LogP contribution in [0, 0.1) is 5.92 Å². The third-order valence-corrected chi connectivity index (χ3v) is 6.26. The van der Waals surface area contributed by atoms with Crippen molar-refractivity contribution in [3.63, 3.8) is 0 Å². The second-order valence-corrected chi connectivity index (χ2v) is 9.68. The van der Waals surface area contributed by atoms with Crippen LogP contribution in [0.1, 0.15) is 51.5 Å². The lowest BCUT2D eigenvalue weighted by Crippen LogP contribution is -1.91. The third-order valence-electron chi connectivity index (χ3n) is 3.17. The molecular formula is C16H27O3PS. The Hall–Kier alpha value is -0.280. The van der Waals surface area contributed by atoms with E-state index < -0.39 is 6.80 Å². The quantitative estimate of drug-likeness (QED) is 0.421. The van der Waals surface area contributed by atoms with E-state index in [1.807, 2.05) is 30.3 Å². The molecule has 5 heteroatoms. The van der Waals surface area contributed by atoms with E-state index in [1.54, 1.807) is 0 Å². The lowest BCUT2D eigenvalue weighted by atomic mass is 10.0. The Morgan fingerprint density at radius 2 is 1.81 bits per heavy atom. The lowest BCUT2D eigenvalue weighted by Gasteiger charge is -2.11. The maximum Gasteiger partial charge on any atom is 0.386 e. The van der Waals surface area contributed by atoms with Gasteiger partial charge in [-0.1, -0.05) is 69.9 Å². The second-order valence-electron chi connectivity index (χ2n) is 5.66. The molecule has 0 radical (unpaired) electrons. The van der Waals surface area contributed by atoms with Crippen molar-refractivity contribution in [2.75, 3.05) is 5.75 Å². The number of hydrogen-bond acceptors (Lipinski definition) is 3. The monoisotopic (exact) mass is 330 g/mol. The van der Waals surface area contributed by atoms with E-state index in [4.69, 9.17) is 4.52 Å². The fourth-order valence-electron chi connectivity index (χ4n) is 1.96. The molecule has 0 aromatic heterocycles. The minimum absolute atomic E-state index is 0.190. The van der Waals surface area contributed by atoms with Crippen LogP contribution >= 0.6 is 18.2 Å². The fraction of sp³-hybridized carbons (Fsp3) is 0.625. The summed E-state index contributed by atoms with van der Waals surface area (Å²) in [7, 11) is 0. The molecule has 1 aromatic carbocycles. The number of rotatable bonds is 11. The molecule has 0 amide bonds. The van der Waals surface area contributed by atoms with E-state index in [-0.39, 0.29) is 6.61 Å². The van der Waals surface area contributed by atoms with Gasteiger partial charge in [0.1, 0.15) is 0 Å². The van der Waals surface area contributed by atoms with Gasteiger partial charge in [-0.05, 0) is 29.3 Å². The van der Waals surface area contributed by atoms with Gasteiger partial charge in [-0.3, -0.25) is 4.52 Å². The van der Waals surface area contributed by atoms with Crippen LogP contribution in [0.15, 0.2) is 30.3 Å². The van der Waals surface area contributed by atoms with E-state index in [1.165, 1.54) is 19.3 Å². The molecule has 120 valence electrons. The Morgan fingerprint density at radius 1 is 1.14 bits per heavy atom. The van der Waals surface area contributed by atoms with Gasteiger partial charge in [0.15, 0.2) is 0 Å². The van der Waals surface area contributed by atoms with Crippen LogP contribution in [-0.4, -0.2) is 10.6 Å². The van der Waals surface area contributed by atoms with Crippen LogP contribution in [0.4, 0.5) is 0 Å². The van der Waals surface area contributed by atoms with Crippen LogP contribution in [0.3, 0.4) is 0 Å². The topological polar surface area (TPSA) is 46.5 Å². The lowest BCUT2D eigenvalue weighted by molar-refractivity contribution is 0.266. The molecule has 0 aliphatic carbocycles. The zero-order valence-electron chi connectivity index (χ0n) is 13.0. The summed E-state index contributed by atoms with van der Waals surface area (Å²) in [5, 5.41) is 0.